The van der Waals surface area contributed by atoms with E-state index >= 15 is 0 Å². The van der Waals surface area contributed by atoms with Crippen molar-refractivity contribution in [2.75, 3.05) is 18.5 Å². The van der Waals surface area contributed by atoms with Crippen molar-refractivity contribution < 1.29 is 24.2 Å². The molecule has 2 aromatic rings. The van der Waals surface area contributed by atoms with Crippen LogP contribution in [0.15, 0.2) is 42.5 Å². The van der Waals surface area contributed by atoms with E-state index in [1.54, 1.807) is 31.2 Å². The van der Waals surface area contributed by atoms with Gasteiger partial charge in [0.15, 0.2) is 0 Å². The summed E-state index contributed by atoms with van der Waals surface area (Å²) in [5, 5.41) is 12.5. The van der Waals surface area contributed by atoms with E-state index in [2.05, 4.69) is 5.32 Å². The first-order valence-electron chi connectivity index (χ1n) is 7.59. The van der Waals surface area contributed by atoms with E-state index in [-0.39, 0.29) is 23.5 Å². The molecular weight excluding hydrogens is 310 g/mol. The summed E-state index contributed by atoms with van der Waals surface area (Å²) in [6, 6.07) is 11.0. The number of nitrogens with one attached hydrogen (secondary N) is 1. The van der Waals surface area contributed by atoms with Crippen molar-refractivity contribution in [3.05, 3.63) is 53.6 Å². The van der Waals surface area contributed by atoms with Crippen LogP contribution in [-0.2, 0) is 4.74 Å². The minimum Gasteiger partial charge on any atom is -0.507 e. The number of benzene rings is 2. The molecule has 6 heteroatoms. The van der Waals surface area contributed by atoms with Crippen LogP contribution in [0.2, 0.25) is 0 Å². The smallest absolute Gasteiger partial charge is 0.341 e. The normalized spacial score (nSPS) is 10.1. The van der Waals surface area contributed by atoms with Gasteiger partial charge in [0, 0.05) is 11.3 Å². The van der Waals surface area contributed by atoms with Crippen LogP contribution < -0.4 is 10.1 Å². The number of carbonyl (C=O) groups is 2. The Bertz CT molecular complexity index is 725. The molecule has 0 aliphatic carbocycles. The quantitative estimate of drug-likeness (QED) is 0.795. The number of esters is 1. The molecule has 0 heterocycles. The number of hydrogen-bond acceptors (Lipinski definition) is 5. The highest BCUT2D eigenvalue weighted by Gasteiger charge is 2.16. The summed E-state index contributed by atoms with van der Waals surface area (Å²) >= 11 is 0. The van der Waals surface area contributed by atoms with E-state index in [0.717, 1.165) is 0 Å². The second-order valence-electron chi connectivity index (χ2n) is 4.86. The third kappa shape index (κ3) is 4.25. The van der Waals surface area contributed by atoms with E-state index in [4.69, 9.17) is 9.47 Å². The van der Waals surface area contributed by atoms with Crippen LogP contribution in [0.5, 0.6) is 11.5 Å². The highest BCUT2D eigenvalue weighted by molar-refractivity contribution is 6.06. The van der Waals surface area contributed by atoms with Gasteiger partial charge in [0.05, 0.1) is 13.2 Å². The molecule has 0 radical (unpaired) electrons. The highest BCUT2D eigenvalue weighted by Crippen LogP contribution is 2.21. The van der Waals surface area contributed by atoms with Gasteiger partial charge in [0.1, 0.15) is 17.1 Å². The van der Waals surface area contributed by atoms with Gasteiger partial charge >= 0.3 is 5.97 Å². The van der Waals surface area contributed by atoms with Gasteiger partial charge in [0.2, 0.25) is 0 Å². The molecule has 24 heavy (non-hydrogen) atoms. The maximum atomic E-state index is 12.3. The number of ether oxygens (including phenoxy) is 2. The maximum absolute atomic E-state index is 12.3. The second kappa shape index (κ2) is 8.01. The Morgan fingerprint density at radius 3 is 2.38 bits per heavy atom. The molecule has 0 saturated carbocycles. The van der Waals surface area contributed by atoms with Crippen LogP contribution in [-0.4, -0.2) is 30.2 Å². The zero-order chi connectivity index (χ0) is 17.5. The Kier molecular flexibility index (Phi) is 5.78. The molecule has 0 aromatic heterocycles. The number of phenolic OH excluding ortho intramolecular Hbond substituents is 1. The number of hydrogen-bond donors (Lipinski definition) is 2. The topological polar surface area (TPSA) is 84.9 Å². The molecule has 0 bridgehead atoms. The predicted molar refractivity (Wildman–Crippen MR) is 89.6 cm³/mol. The standard InChI is InChI=1S/C18H19NO5/c1-3-23-14-8-6-13(7-9-14)19-17(21)12-5-10-16(20)15(11-12)18(22)24-4-2/h5-11,20H,3-4H2,1-2H3,(H,19,21). The number of amides is 1. The number of aromatic hydroxyl groups is 1. The number of carbonyl (C=O) groups excluding carboxylic acids is 2. The van der Waals surface area contributed by atoms with E-state index < -0.39 is 11.9 Å². The molecule has 0 saturated heterocycles. The van der Waals surface area contributed by atoms with E-state index in [9.17, 15) is 14.7 Å². The van der Waals surface area contributed by atoms with Crippen molar-refractivity contribution >= 4 is 17.6 Å². The summed E-state index contributed by atoms with van der Waals surface area (Å²) < 4.78 is 10.2. The van der Waals surface area contributed by atoms with Crippen LogP contribution in [0.4, 0.5) is 5.69 Å². The highest BCUT2D eigenvalue weighted by atomic mass is 16.5. The molecule has 6 nitrogen and oxygen atoms in total. The first-order chi connectivity index (χ1) is 11.5. The molecular formula is C18H19NO5. The molecule has 0 spiro atoms. The van der Waals surface area contributed by atoms with Crippen molar-refractivity contribution in [3.8, 4) is 11.5 Å². The fourth-order valence-electron chi connectivity index (χ4n) is 2.05. The Balaban J connectivity index is 2.14. The first-order valence-corrected chi connectivity index (χ1v) is 7.59. The molecule has 126 valence electrons. The average Bonchev–Trinajstić information content (AvgIpc) is 2.57. The van der Waals surface area contributed by atoms with Crippen molar-refractivity contribution in [2.24, 2.45) is 0 Å². The van der Waals surface area contributed by atoms with Crippen molar-refractivity contribution in [2.45, 2.75) is 13.8 Å². The molecule has 2 aromatic carbocycles. The molecule has 2 N–H and O–H groups in total. The molecule has 0 atom stereocenters. The lowest BCUT2D eigenvalue weighted by molar-refractivity contribution is 0.0523. The number of anilines is 1. The summed E-state index contributed by atoms with van der Waals surface area (Å²) in [5.41, 5.74) is 0.787. The van der Waals surface area contributed by atoms with Crippen LogP contribution in [0.25, 0.3) is 0 Å². The van der Waals surface area contributed by atoms with E-state index in [1.165, 1.54) is 18.2 Å². The molecule has 2 rings (SSSR count). The third-order valence-electron chi connectivity index (χ3n) is 3.18. The summed E-state index contributed by atoms with van der Waals surface area (Å²) in [7, 11) is 0. The lowest BCUT2D eigenvalue weighted by atomic mass is 10.1. The van der Waals surface area contributed by atoms with Crippen molar-refractivity contribution in [1.82, 2.24) is 0 Å². The SMILES string of the molecule is CCOC(=O)c1cc(C(=O)Nc2ccc(OCC)cc2)ccc1O. The molecule has 0 aliphatic heterocycles. The van der Waals surface area contributed by atoms with Crippen molar-refractivity contribution in [1.29, 1.82) is 0 Å². The lowest BCUT2D eigenvalue weighted by Crippen LogP contribution is -2.13. The van der Waals surface area contributed by atoms with Gasteiger partial charge in [-0.25, -0.2) is 4.79 Å². The molecule has 0 aliphatic rings. The Morgan fingerprint density at radius 2 is 1.75 bits per heavy atom. The summed E-state index contributed by atoms with van der Waals surface area (Å²) in [4.78, 5) is 24.1. The number of rotatable bonds is 6. The lowest BCUT2D eigenvalue weighted by Gasteiger charge is -2.09. The summed E-state index contributed by atoms with van der Waals surface area (Å²) in [6.07, 6.45) is 0. The molecule has 0 unspecified atom stereocenters. The van der Waals surface area contributed by atoms with Crippen LogP contribution in [0.3, 0.4) is 0 Å². The fraction of sp³-hybridized carbons (Fsp3) is 0.222. The third-order valence-corrected chi connectivity index (χ3v) is 3.18. The van der Waals surface area contributed by atoms with Gasteiger partial charge in [-0.15, -0.1) is 0 Å². The number of phenols is 1. The molecule has 1 amide bonds. The monoisotopic (exact) mass is 329 g/mol. The largest absolute Gasteiger partial charge is 0.507 e. The zero-order valence-corrected chi connectivity index (χ0v) is 13.5. The predicted octanol–water partition coefficient (Wildman–Crippen LogP) is 3.22. The minimum atomic E-state index is -0.675. The van der Waals surface area contributed by atoms with Crippen LogP contribution in [0.1, 0.15) is 34.6 Å². The Labute approximate surface area is 140 Å². The molecule has 0 fully saturated rings. The first kappa shape index (κ1) is 17.3. The minimum absolute atomic E-state index is 0.0452. The fourth-order valence-corrected chi connectivity index (χ4v) is 2.05. The van der Waals surface area contributed by atoms with Crippen molar-refractivity contribution in [3.63, 3.8) is 0 Å². The summed E-state index contributed by atoms with van der Waals surface area (Å²) in [5.74, 6) is -0.591. The van der Waals surface area contributed by atoms with Gasteiger partial charge < -0.3 is 19.9 Å². The van der Waals surface area contributed by atoms with E-state index in [1.807, 2.05) is 6.92 Å². The summed E-state index contributed by atoms with van der Waals surface area (Å²) in [6.45, 7) is 4.30. The van der Waals surface area contributed by atoms with Gasteiger partial charge in [-0.1, -0.05) is 0 Å². The Morgan fingerprint density at radius 1 is 1.04 bits per heavy atom. The average molecular weight is 329 g/mol. The van der Waals surface area contributed by atoms with Crippen LogP contribution in [0, 0.1) is 0 Å². The zero-order valence-electron chi connectivity index (χ0n) is 13.5. The Hall–Kier alpha value is -3.02. The van der Waals surface area contributed by atoms with Gasteiger partial charge in [0.25, 0.3) is 5.91 Å². The maximum Gasteiger partial charge on any atom is 0.341 e. The van der Waals surface area contributed by atoms with Crippen LogP contribution >= 0.6 is 0 Å². The van der Waals surface area contributed by atoms with Gasteiger partial charge in [-0.2, -0.15) is 0 Å². The van der Waals surface area contributed by atoms with E-state index in [0.29, 0.717) is 18.0 Å². The van der Waals surface area contributed by atoms with Gasteiger partial charge in [-0.05, 0) is 56.3 Å². The van der Waals surface area contributed by atoms with Gasteiger partial charge in [-0.3, -0.25) is 4.79 Å². The second-order valence-corrected chi connectivity index (χ2v) is 4.86.